The second kappa shape index (κ2) is 6.81. The number of benzene rings is 1. The molecule has 1 rings (SSSR count). The zero-order chi connectivity index (χ0) is 13.6. The van der Waals surface area contributed by atoms with Crippen LogP contribution in [0.4, 0.5) is 0 Å². The van der Waals surface area contributed by atoms with E-state index >= 15 is 0 Å². The van der Waals surface area contributed by atoms with Gasteiger partial charge in [-0.05, 0) is 32.9 Å². The van der Waals surface area contributed by atoms with Crippen molar-refractivity contribution < 1.29 is 9.53 Å². The van der Waals surface area contributed by atoms with Crippen LogP contribution in [-0.4, -0.2) is 30.4 Å². The first-order valence-electron chi connectivity index (χ1n) is 6.02. The third-order valence-corrected chi connectivity index (χ3v) is 3.84. The molecule has 0 aliphatic rings. The standard InChI is InChI=1S/C14H21NO2S/c1-11(2)15-14(3,13(16)17-4)10-18-12-8-6-5-7-9-12/h5-9,11,15H,10H2,1-4H3. The van der Waals surface area contributed by atoms with Crippen molar-refractivity contribution in [3.8, 4) is 0 Å². The number of hydrogen-bond donors (Lipinski definition) is 1. The number of carbonyl (C=O) groups is 1. The van der Waals surface area contributed by atoms with E-state index < -0.39 is 5.54 Å². The van der Waals surface area contributed by atoms with E-state index in [0.29, 0.717) is 5.75 Å². The molecule has 0 fully saturated rings. The number of rotatable bonds is 6. The van der Waals surface area contributed by atoms with Crippen molar-refractivity contribution in [3.05, 3.63) is 30.3 Å². The Hall–Kier alpha value is -1.00. The molecule has 0 aliphatic carbocycles. The van der Waals surface area contributed by atoms with Gasteiger partial charge >= 0.3 is 5.97 Å². The van der Waals surface area contributed by atoms with Crippen molar-refractivity contribution >= 4 is 17.7 Å². The van der Waals surface area contributed by atoms with Crippen LogP contribution in [0.25, 0.3) is 0 Å². The summed E-state index contributed by atoms with van der Waals surface area (Å²) in [7, 11) is 1.43. The van der Waals surface area contributed by atoms with Gasteiger partial charge in [0.2, 0.25) is 0 Å². The second-order valence-electron chi connectivity index (χ2n) is 4.72. The Morgan fingerprint density at radius 2 is 2.00 bits per heavy atom. The van der Waals surface area contributed by atoms with Crippen molar-refractivity contribution in [2.75, 3.05) is 12.9 Å². The van der Waals surface area contributed by atoms with Gasteiger partial charge in [0.05, 0.1) is 7.11 Å². The number of methoxy groups -OCH3 is 1. The van der Waals surface area contributed by atoms with Crippen LogP contribution in [-0.2, 0) is 9.53 Å². The van der Waals surface area contributed by atoms with Crippen molar-refractivity contribution in [1.82, 2.24) is 5.32 Å². The lowest BCUT2D eigenvalue weighted by Gasteiger charge is -2.29. The molecule has 3 nitrogen and oxygen atoms in total. The van der Waals surface area contributed by atoms with E-state index in [4.69, 9.17) is 4.74 Å². The van der Waals surface area contributed by atoms with E-state index in [2.05, 4.69) is 5.32 Å². The zero-order valence-corrected chi connectivity index (χ0v) is 12.2. The Bertz CT molecular complexity index is 381. The zero-order valence-electron chi connectivity index (χ0n) is 11.4. The summed E-state index contributed by atoms with van der Waals surface area (Å²) in [6, 6.07) is 10.3. The van der Waals surface area contributed by atoms with Crippen molar-refractivity contribution in [3.63, 3.8) is 0 Å². The number of thioether (sulfide) groups is 1. The minimum atomic E-state index is -0.663. The molecule has 0 radical (unpaired) electrons. The molecule has 0 saturated carbocycles. The molecule has 1 N–H and O–H groups in total. The van der Waals surface area contributed by atoms with Gasteiger partial charge in [-0.1, -0.05) is 18.2 Å². The molecule has 4 heteroatoms. The third kappa shape index (κ3) is 4.35. The molecule has 1 aromatic carbocycles. The number of hydrogen-bond acceptors (Lipinski definition) is 4. The summed E-state index contributed by atoms with van der Waals surface area (Å²) in [6.45, 7) is 5.93. The van der Waals surface area contributed by atoms with E-state index in [0.717, 1.165) is 4.90 Å². The Labute approximate surface area is 113 Å². The summed E-state index contributed by atoms with van der Waals surface area (Å²) in [5, 5.41) is 3.28. The quantitative estimate of drug-likeness (QED) is 0.635. The summed E-state index contributed by atoms with van der Waals surface area (Å²) >= 11 is 1.65. The van der Waals surface area contributed by atoms with E-state index in [1.54, 1.807) is 11.8 Å². The third-order valence-electron chi connectivity index (χ3n) is 2.51. The van der Waals surface area contributed by atoms with Crippen molar-refractivity contribution in [2.45, 2.75) is 37.2 Å². The molecule has 0 heterocycles. The summed E-state index contributed by atoms with van der Waals surface area (Å²) in [5.74, 6) is 0.418. The highest BCUT2D eigenvalue weighted by Crippen LogP contribution is 2.23. The normalized spacial score (nSPS) is 14.3. The van der Waals surface area contributed by atoms with Gasteiger partial charge in [0.15, 0.2) is 0 Å². The molecule has 1 aromatic rings. The fourth-order valence-corrected chi connectivity index (χ4v) is 2.77. The Balaban J connectivity index is 2.70. The molecule has 0 bridgehead atoms. The van der Waals surface area contributed by atoms with Crippen molar-refractivity contribution in [2.24, 2.45) is 0 Å². The van der Waals surface area contributed by atoms with Gasteiger partial charge in [-0.25, -0.2) is 0 Å². The number of ether oxygens (including phenoxy) is 1. The Morgan fingerprint density at radius 3 is 2.50 bits per heavy atom. The van der Waals surface area contributed by atoms with E-state index in [1.165, 1.54) is 7.11 Å². The summed E-state index contributed by atoms with van der Waals surface area (Å²) in [6.07, 6.45) is 0. The Kier molecular flexibility index (Phi) is 5.69. The lowest BCUT2D eigenvalue weighted by molar-refractivity contribution is -0.147. The first kappa shape index (κ1) is 15.1. The average molecular weight is 267 g/mol. The van der Waals surface area contributed by atoms with Crippen LogP contribution in [0.5, 0.6) is 0 Å². The van der Waals surface area contributed by atoms with Gasteiger partial charge in [-0.15, -0.1) is 11.8 Å². The van der Waals surface area contributed by atoms with Gasteiger partial charge in [-0.2, -0.15) is 0 Å². The Morgan fingerprint density at radius 1 is 1.39 bits per heavy atom. The predicted molar refractivity (Wildman–Crippen MR) is 75.9 cm³/mol. The van der Waals surface area contributed by atoms with Gasteiger partial charge < -0.3 is 4.74 Å². The van der Waals surface area contributed by atoms with Crippen LogP contribution in [0.2, 0.25) is 0 Å². The maximum Gasteiger partial charge on any atom is 0.326 e. The topological polar surface area (TPSA) is 38.3 Å². The van der Waals surface area contributed by atoms with Crippen LogP contribution < -0.4 is 5.32 Å². The maximum absolute atomic E-state index is 11.9. The molecular weight excluding hydrogens is 246 g/mol. The van der Waals surface area contributed by atoms with E-state index in [1.807, 2.05) is 51.1 Å². The smallest absolute Gasteiger partial charge is 0.326 e. The van der Waals surface area contributed by atoms with Gasteiger partial charge in [0.1, 0.15) is 5.54 Å². The molecular formula is C14H21NO2S. The van der Waals surface area contributed by atoms with Crippen LogP contribution >= 0.6 is 11.8 Å². The van der Waals surface area contributed by atoms with Gasteiger partial charge in [0, 0.05) is 16.7 Å². The molecule has 0 saturated heterocycles. The van der Waals surface area contributed by atoms with E-state index in [-0.39, 0.29) is 12.0 Å². The second-order valence-corrected chi connectivity index (χ2v) is 5.77. The van der Waals surface area contributed by atoms with Crippen LogP contribution in [0.15, 0.2) is 35.2 Å². The molecule has 0 amide bonds. The maximum atomic E-state index is 11.9. The fraction of sp³-hybridized carbons (Fsp3) is 0.500. The highest BCUT2D eigenvalue weighted by molar-refractivity contribution is 7.99. The van der Waals surface area contributed by atoms with Crippen LogP contribution in [0.1, 0.15) is 20.8 Å². The monoisotopic (exact) mass is 267 g/mol. The molecule has 0 aromatic heterocycles. The summed E-state index contributed by atoms with van der Waals surface area (Å²) < 4.78 is 4.89. The van der Waals surface area contributed by atoms with Crippen molar-refractivity contribution in [1.29, 1.82) is 0 Å². The molecule has 0 spiro atoms. The van der Waals surface area contributed by atoms with Crippen LogP contribution in [0, 0.1) is 0 Å². The summed E-state index contributed by atoms with van der Waals surface area (Å²) in [4.78, 5) is 13.0. The highest BCUT2D eigenvalue weighted by Gasteiger charge is 2.34. The predicted octanol–water partition coefficient (Wildman–Crippen LogP) is 2.71. The molecule has 1 unspecified atom stereocenters. The number of carbonyl (C=O) groups excluding carboxylic acids is 1. The highest BCUT2D eigenvalue weighted by atomic mass is 32.2. The van der Waals surface area contributed by atoms with Gasteiger partial charge in [-0.3, -0.25) is 10.1 Å². The minimum Gasteiger partial charge on any atom is -0.468 e. The number of nitrogens with one attached hydrogen (secondary N) is 1. The molecule has 100 valence electrons. The van der Waals surface area contributed by atoms with Crippen LogP contribution in [0.3, 0.4) is 0 Å². The lowest BCUT2D eigenvalue weighted by Crippen LogP contribution is -2.54. The van der Waals surface area contributed by atoms with E-state index in [9.17, 15) is 4.79 Å². The number of esters is 1. The first-order valence-corrected chi connectivity index (χ1v) is 7.00. The first-order chi connectivity index (χ1) is 8.48. The average Bonchev–Trinajstić information content (AvgIpc) is 2.36. The minimum absolute atomic E-state index is 0.223. The fourth-order valence-electron chi connectivity index (χ4n) is 1.77. The molecule has 0 aliphatic heterocycles. The largest absolute Gasteiger partial charge is 0.468 e. The lowest BCUT2D eigenvalue weighted by atomic mass is 10.0. The molecule has 1 atom stereocenters. The van der Waals surface area contributed by atoms with Gasteiger partial charge in [0.25, 0.3) is 0 Å². The SMILES string of the molecule is COC(=O)C(C)(CSc1ccccc1)NC(C)C. The summed E-state index contributed by atoms with van der Waals surface area (Å²) in [5.41, 5.74) is -0.663. The molecule has 18 heavy (non-hydrogen) atoms.